The van der Waals surface area contributed by atoms with E-state index >= 15 is 0 Å². The van der Waals surface area contributed by atoms with Crippen LogP contribution in [0.15, 0.2) is 24.5 Å². The van der Waals surface area contributed by atoms with Crippen LogP contribution in [0.4, 0.5) is 0 Å². The maximum atomic E-state index is 6.02. The summed E-state index contributed by atoms with van der Waals surface area (Å²) in [5.41, 5.74) is 9.90. The molecule has 0 spiro atoms. The molecule has 1 fully saturated rings. The Morgan fingerprint density at radius 2 is 2.12 bits per heavy atom. The molecule has 1 aromatic carbocycles. The van der Waals surface area contributed by atoms with E-state index in [4.69, 9.17) is 5.73 Å². The van der Waals surface area contributed by atoms with E-state index in [2.05, 4.69) is 27.8 Å². The van der Waals surface area contributed by atoms with Gasteiger partial charge in [0, 0.05) is 19.0 Å². The van der Waals surface area contributed by atoms with Gasteiger partial charge in [-0.15, -0.1) is 0 Å². The number of hydrogen-bond donors (Lipinski definition) is 1. The Hall–Kier alpha value is -1.35. The third-order valence-corrected chi connectivity index (χ3v) is 4.29. The first-order valence-electron chi connectivity index (χ1n) is 6.37. The molecule has 0 unspecified atom stereocenters. The monoisotopic (exact) mass is 229 g/mol. The van der Waals surface area contributed by atoms with Gasteiger partial charge in [0.25, 0.3) is 0 Å². The van der Waals surface area contributed by atoms with Crippen molar-refractivity contribution in [3.8, 4) is 0 Å². The Bertz CT molecular complexity index is 535. The quantitative estimate of drug-likeness (QED) is 0.859. The van der Waals surface area contributed by atoms with Crippen LogP contribution in [0.25, 0.3) is 11.0 Å². The molecule has 0 bridgehead atoms. The molecule has 1 aromatic heterocycles. The number of nitrogens with two attached hydrogens (primary N) is 1. The van der Waals surface area contributed by atoms with Crippen LogP contribution in [-0.2, 0) is 12.5 Å². The lowest BCUT2D eigenvalue weighted by Gasteiger charge is -2.27. The normalized spacial score (nSPS) is 18.9. The molecule has 1 aliphatic carbocycles. The van der Waals surface area contributed by atoms with Crippen LogP contribution < -0.4 is 5.73 Å². The predicted octanol–water partition coefficient (Wildman–Crippen LogP) is 2.34. The first-order valence-corrected chi connectivity index (χ1v) is 6.37. The van der Waals surface area contributed by atoms with Crippen molar-refractivity contribution in [3.05, 3.63) is 30.1 Å². The van der Waals surface area contributed by atoms with Crippen LogP contribution in [0.5, 0.6) is 0 Å². The van der Waals surface area contributed by atoms with Gasteiger partial charge in [0.05, 0.1) is 17.4 Å². The minimum absolute atomic E-state index is 0.214. The van der Waals surface area contributed by atoms with E-state index in [0.717, 1.165) is 12.1 Å². The number of hydrogen-bond acceptors (Lipinski definition) is 2. The summed E-state index contributed by atoms with van der Waals surface area (Å²) in [6, 6.07) is 6.64. The molecule has 1 aliphatic rings. The lowest BCUT2D eigenvalue weighted by atomic mass is 9.79. The Labute approximate surface area is 102 Å². The van der Waals surface area contributed by atoms with E-state index in [0.29, 0.717) is 0 Å². The number of aryl methyl sites for hydroxylation is 1. The highest BCUT2D eigenvalue weighted by Gasteiger charge is 2.34. The van der Waals surface area contributed by atoms with Gasteiger partial charge in [0.15, 0.2) is 0 Å². The van der Waals surface area contributed by atoms with Crippen molar-refractivity contribution in [2.45, 2.75) is 31.1 Å². The topological polar surface area (TPSA) is 43.8 Å². The molecule has 2 N–H and O–H groups in total. The van der Waals surface area contributed by atoms with Gasteiger partial charge in [-0.05, 0) is 30.5 Å². The standard InChI is InChI=1S/C14H19N3/c1-17-10-16-12-8-11(4-5-13(12)17)14(9-15)6-2-3-7-14/h4-5,8,10H,2-3,6-7,9,15H2,1H3. The van der Waals surface area contributed by atoms with E-state index in [1.807, 2.05) is 13.4 Å². The third kappa shape index (κ3) is 1.57. The zero-order valence-electron chi connectivity index (χ0n) is 10.3. The Morgan fingerprint density at radius 1 is 1.35 bits per heavy atom. The molecule has 3 nitrogen and oxygen atoms in total. The van der Waals surface area contributed by atoms with Gasteiger partial charge in [-0.25, -0.2) is 4.98 Å². The molecular formula is C14H19N3. The summed E-state index contributed by atoms with van der Waals surface area (Å²) in [7, 11) is 2.03. The number of fused-ring (bicyclic) bond motifs is 1. The Kier molecular flexibility index (Phi) is 2.44. The fraction of sp³-hybridized carbons (Fsp3) is 0.500. The largest absolute Gasteiger partial charge is 0.334 e. The number of aromatic nitrogens is 2. The molecule has 1 saturated carbocycles. The average molecular weight is 229 g/mol. The fourth-order valence-electron chi connectivity index (χ4n) is 3.13. The molecule has 90 valence electrons. The molecule has 3 rings (SSSR count). The second-order valence-corrected chi connectivity index (χ2v) is 5.25. The van der Waals surface area contributed by atoms with Crippen LogP contribution >= 0.6 is 0 Å². The van der Waals surface area contributed by atoms with Crippen LogP contribution in [0, 0.1) is 0 Å². The van der Waals surface area contributed by atoms with Gasteiger partial charge in [-0.1, -0.05) is 18.9 Å². The minimum Gasteiger partial charge on any atom is -0.334 e. The third-order valence-electron chi connectivity index (χ3n) is 4.29. The summed E-state index contributed by atoms with van der Waals surface area (Å²) in [4.78, 5) is 4.44. The lowest BCUT2D eigenvalue weighted by molar-refractivity contribution is 0.453. The average Bonchev–Trinajstić information content (AvgIpc) is 2.97. The molecule has 0 aliphatic heterocycles. The number of nitrogens with zero attached hydrogens (tertiary/aromatic N) is 2. The second kappa shape index (κ2) is 3.84. The maximum Gasteiger partial charge on any atom is 0.0955 e. The zero-order chi connectivity index (χ0) is 11.9. The first-order chi connectivity index (χ1) is 8.25. The van der Waals surface area contributed by atoms with E-state index in [1.54, 1.807) is 0 Å². The first kappa shape index (κ1) is 10.8. The summed E-state index contributed by atoms with van der Waals surface area (Å²) < 4.78 is 2.06. The van der Waals surface area contributed by atoms with Crippen LogP contribution in [-0.4, -0.2) is 16.1 Å². The van der Waals surface area contributed by atoms with Crippen LogP contribution in [0.3, 0.4) is 0 Å². The van der Waals surface area contributed by atoms with Crippen molar-refractivity contribution in [1.29, 1.82) is 0 Å². The molecule has 1 heterocycles. The number of rotatable bonds is 2. The van der Waals surface area contributed by atoms with Crippen molar-refractivity contribution in [3.63, 3.8) is 0 Å². The lowest BCUT2D eigenvalue weighted by Crippen LogP contribution is -2.31. The molecule has 0 amide bonds. The molecule has 3 heteroatoms. The molecule has 0 atom stereocenters. The molecular weight excluding hydrogens is 210 g/mol. The van der Waals surface area contributed by atoms with Gasteiger partial charge < -0.3 is 10.3 Å². The van der Waals surface area contributed by atoms with Gasteiger partial charge in [-0.3, -0.25) is 0 Å². The highest BCUT2D eigenvalue weighted by Crippen LogP contribution is 2.40. The van der Waals surface area contributed by atoms with E-state index in [9.17, 15) is 0 Å². The van der Waals surface area contributed by atoms with Crippen molar-refractivity contribution in [1.82, 2.24) is 9.55 Å². The van der Waals surface area contributed by atoms with Gasteiger partial charge in [0.2, 0.25) is 0 Å². The van der Waals surface area contributed by atoms with Crippen molar-refractivity contribution < 1.29 is 0 Å². The Morgan fingerprint density at radius 3 is 2.82 bits per heavy atom. The summed E-state index contributed by atoms with van der Waals surface area (Å²) in [6.07, 6.45) is 6.93. The highest BCUT2D eigenvalue weighted by molar-refractivity contribution is 5.76. The smallest absolute Gasteiger partial charge is 0.0955 e. The zero-order valence-corrected chi connectivity index (χ0v) is 10.3. The second-order valence-electron chi connectivity index (χ2n) is 5.25. The van der Waals surface area contributed by atoms with E-state index < -0.39 is 0 Å². The molecule has 17 heavy (non-hydrogen) atoms. The van der Waals surface area contributed by atoms with Gasteiger partial charge in [-0.2, -0.15) is 0 Å². The summed E-state index contributed by atoms with van der Waals surface area (Å²) in [6.45, 7) is 0.755. The van der Waals surface area contributed by atoms with Gasteiger partial charge >= 0.3 is 0 Å². The number of benzene rings is 1. The van der Waals surface area contributed by atoms with E-state index in [1.165, 1.54) is 36.8 Å². The van der Waals surface area contributed by atoms with Crippen molar-refractivity contribution >= 4 is 11.0 Å². The maximum absolute atomic E-state index is 6.02. The van der Waals surface area contributed by atoms with Gasteiger partial charge in [0.1, 0.15) is 0 Å². The SMILES string of the molecule is Cn1cnc2cc(C3(CN)CCCC3)ccc21. The predicted molar refractivity (Wildman–Crippen MR) is 69.9 cm³/mol. The minimum atomic E-state index is 0.214. The van der Waals surface area contributed by atoms with Crippen molar-refractivity contribution in [2.75, 3.05) is 6.54 Å². The highest BCUT2D eigenvalue weighted by atomic mass is 15.0. The number of imidazole rings is 1. The molecule has 2 aromatic rings. The fourth-order valence-corrected chi connectivity index (χ4v) is 3.13. The van der Waals surface area contributed by atoms with Crippen molar-refractivity contribution in [2.24, 2.45) is 12.8 Å². The molecule has 0 radical (unpaired) electrons. The summed E-state index contributed by atoms with van der Waals surface area (Å²) >= 11 is 0. The Balaban J connectivity index is 2.10. The summed E-state index contributed by atoms with van der Waals surface area (Å²) in [5.74, 6) is 0. The van der Waals surface area contributed by atoms with Crippen LogP contribution in [0.2, 0.25) is 0 Å². The van der Waals surface area contributed by atoms with Crippen LogP contribution in [0.1, 0.15) is 31.2 Å². The molecule has 0 saturated heterocycles. The summed E-state index contributed by atoms with van der Waals surface area (Å²) in [5, 5.41) is 0. The van der Waals surface area contributed by atoms with E-state index in [-0.39, 0.29) is 5.41 Å².